The number of ether oxygens (including phenoxy) is 2. The normalized spacial score (nSPS) is 17.1. The summed E-state index contributed by atoms with van der Waals surface area (Å²) in [5.74, 6) is 1.34. The maximum Gasteiger partial charge on any atom is 0.227 e. The van der Waals surface area contributed by atoms with E-state index in [1.165, 1.54) is 6.26 Å². The number of carbonyl (C=O) groups is 1. The quantitative estimate of drug-likeness (QED) is 0.716. The highest BCUT2D eigenvalue weighted by Crippen LogP contribution is 2.28. The predicted molar refractivity (Wildman–Crippen MR) is 99.6 cm³/mol. The molecule has 7 nitrogen and oxygen atoms in total. The molecule has 0 bridgehead atoms. The summed E-state index contributed by atoms with van der Waals surface area (Å²) in [5, 5.41) is -0.558. The number of hydrogen-bond acceptors (Lipinski definition) is 6. The van der Waals surface area contributed by atoms with Crippen molar-refractivity contribution in [3.05, 3.63) is 47.9 Å². The molecule has 1 atom stereocenters. The first kappa shape index (κ1) is 19.3. The predicted octanol–water partition coefficient (Wildman–Crippen LogP) is 2.06. The second kappa shape index (κ2) is 8.04. The molecule has 1 aromatic heterocycles. The number of sulfone groups is 1. The molecule has 1 fully saturated rings. The standard InChI is InChI=1S/C19H23NO6S/c1-24-17-6-5-14(10-18(17)25-2)11-19(21)20-8-7-16(12-20)27(22,23)13-15-4-3-9-26-15/h3-6,9-10,16H,7-8,11-13H2,1-2H3/t16-/m1/s1. The van der Waals surface area contributed by atoms with E-state index in [1.807, 2.05) is 0 Å². The van der Waals surface area contributed by atoms with E-state index in [9.17, 15) is 13.2 Å². The fourth-order valence-electron chi connectivity index (χ4n) is 3.24. The monoisotopic (exact) mass is 393 g/mol. The number of nitrogens with zero attached hydrogens (tertiary/aromatic N) is 1. The molecule has 1 aliphatic rings. The van der Waals surface area contributed by atoms with Gasteiger partial charge in [0.1, 0.15) is 11.5 Å². The fraction of sp³-hybridized carbons (Fsp3) is 0.421. The smallest absolute Gasteiger partial charge is 0.227 e. The summed E-state index contributed by atoms with van der Waals surface area (Å²) >= 11 is 0. The van der Waals surface area contributed by atoms with E-state index in [2.05, 4.69) is 0 Å². The average molecular weight is 393 g/mol. The number of carbonyl (C=O) groups excluding carboxylic acids is 1. The molecule has 0 radical (unpaired) electrons. The SMILES string of the molecule is COc1ccc(CC(=O)N2CC[C@@H](S(=O)(=O)Cc3ccco3)C2)cc1OC. The molecule has 8 heteroatoms. The van der Waals surface area contributed by atoms with Gasteiger partial charge >= 0.3 is 0 Å². The number of hydrogen-bond donors (Lipinski definition) is 0. The van der Waals surface area contributed by atoms with Gasteiger partial charge in [-0.05, 0) is 36.2 Å². The highest BCUT2D eigenvalue weighted by molar-refractivity contribution is 7.91. The van der Waals surface area contributed by atoms with Gasteiger partial charge in [0, 0.05) is 13.1 Å². The Hall–Kier alpha value is -2.48. The van der Waals surface area contributed by atoms with E-state index in [4.69, 9.17) is 13.9 Å². The van der Waals surface area contributed by atoms with Crippen LogP contribution >= 0.6 is 0 Å². The van der Waals surface area contributed by atoms with Crippen molar-refractivity contribution in [1.29, 1.82) is 0 Å². The first-order valence-corrected chi connectivity index (χ1v) is 10.4. The molecule has 0 N–H and O–H groups in total. The third-order valence-electron chi connectivity index (χ3n) is 4.73. The molecular formula is C19H23NO6S. The Kier molecular flexibility index (Phi) is 5.74. The maximum atomic E-state index is 12.6. The second-order valence-electron chi connectivity index (χ2n) is 6.50. The topological polar surface area (TPSA) is 86.0 Å². The minimum atomic E-state index is -3.37. The first-order valence-electron chi connectivity index (χ1n) is 8.65. The molecule has 2 aromatic rings. The van der Waals surface area contributed by atoms with E-state index in [0.717, 1.165) is 5.56 Å². The molecule has 1 amide bonds. The summed E-state index contributed by atoms with van der Waals surface area (Å²) < 4.78 is 40.7. The zero-order valence-corrected chi connectivity index (χ0v) is 16.2. The van der Waals surface area contributed by atoms with Crippen LogP contribution in [-0.2, 0) is 26.8 Å². The summed E-state index contributed by atoms with van der Waals surface area (Å²) in [4.78, 5) is 14.2. The van der Waals surface area contributed by atoms with Crippen molar-refractivity contribution in [2.45, 2.75) is 23.8 Å². The van der Waals surface area contributed by atoms with E-state index in [1.54, 1.807) is 49.5 Å². The van der Waals surface area contributed by atoms with Crippen molar-refractivity contribution < 1.29 is 27.1 Å². The molecule has 1 saturated heterocycles. The Morgan fingerprint density at radius 2 is 2.00 bits per heavy atom. The third kappa shape index (κ3) is 4.44. The lowest BCUT2D eigenvalue weighted by atomic mass is 10.1. The number of rotatable bonds is 7. The van der Waals surface area contributed by atoms with Crippen molar-refractivity contribution in [2.24, 2.45) is 0 Å². The molecule has 0 saturated carbocycles. The van der Waals surface area contributed by atoms with Gasteiger partial charge in [-0.1, -0.05) is 6.07 Å². The molecular weight excluding hydrogens is 370 g/mol. The number of benzene rings is 1. The van der Waals surface area contributed by atoms with Crippen molar-refractivity contribution in [3.8, 4) is 11.5 Å². The number of furan rings is 1. The Balaban J connectivity index is 1.62. The van der Waals surface area contributed by atoms with Gasteiger partial charge in [0.05, 0.1) is 32.2 Å². The summed E-state index contributed by atoms with van der Waals surface area (Å²) in [6.07, 6.45) is 2.09. The molecule has 1 aliphatic heterocycles. The van der Waals surface area contributed by atoms with Crippen molar-refractivity contribution in [1.82, 2.24) is 4.90 Å². The minimum Gasteiger partial charge on any atom is -0.493 e. The largest absolute Gasteiger partial charge is 0.493 e. The summed E-state index contributed by atoms with van der Waals surface area (Å²) in [6, 6.07) is 8.63. The van der Waals surface area contributed by atoms with E-state index < -0.39 is 15.1 Å². The van der Waals surface area contributed by atoms with Gasteiger partial charge in [-0.2, -0.15) is 0 Å². The van der Waals surface area contributed by atoms with Gasteiger partial charge in [-0.25, -0.2) is 8.42 Å². The second-order valence-corrected chi connectivity index (χ2v) is 8.78. The van der Waals surface area contributed by atoms with Gasteiger partial charge in [-0.3, -0.25) is 4.79 Å². The minimum absolute atomic E-state index is 0.0991. The number of methoxy groups -OCH3 is 2. The van der Waals surface area contributed by atoms with Gasteiger partial charge < -0.3 is 18.8 Å². The average Bonchev–Trinajstić information content (AvgIpc) is 3.33. The van der Waals surface area contributed by atoms with Gasteiger partial charge in [0.25, 0.3) is 0 Å². The molecule has 0 aliphatic carbocycles. The zero-order valence-electron chi connectivity index (χ0n) is 15.4. The van der Waals surface area contributed by atoms with Crippen LogP contribution in [0, 0.1) is 0 Å². The summed E-state index contributed by atoms with van der Waals surface area (Å²) in [6.45, 7) is 0.656. The van der Waals surface area contributed by atoms with E-state index in [-0.39, 0.29) is 24.6 Å². The molecule has 0 unspecified atom stereocenters. The first-order chi connectivity index (χ1) is 12.9. The van der Waals surface area contributed by atoms with Crippen LogP contribution in [0.2, 0.25) is 0 Å². The lowest BCUT2D eigenvalue weighted by Crippen LogP contribution is -2.33. The summed E-state index contributed by atoms with van der Waals surface area (Å²) in [7, 11) is -0.274. The Bertz CT molecular complexity index is 891. The highest BCUT2D eigenvalue weighted by Gasteiger charge is 2.35. The zero-order chi connectivity index (χ0) is 19.4. The Morgan fingerprint density at radius 1 is 1.22 bits per heavy atom. The number of amides is 1. The molecule has 27 heavy (non-hydrogen) atoms. The highest BCUT2D eigenvalue weighted by atomic mass is 32.2. The molecule has 1 aromatic carbocycles. The van der Waals surface area contributed by atoms with E-state index in [0.29, 0.717) is 30.2 Å². The fourth-order valence-corrected chi connectivity index (χ4v) is 4.90. The van der Waals surface area contributed by atoms with Crippen LogP contribution in [0.25, 0.3) is 0 Å². The third-order valence-corrected chi connectivity index (χ3v) is 6.82. The maximum absolute atomic E-state index is 12.6. The Morgan fingerprint density at radius 3 is 2.67 bits per heavy atom. The van der Waals surface area contributed by atoms with Gasteiger partial charge in [0.2, 0.25) is 5.91 Å². The van der Waals surface area contributed by atoms with Gasteiger partial charge in [0.15, 0.2) is 21.3 Å². The van der Waals surface area contributed by atoms with Crippen LogP contribution in [0.5, 0.6) is 11.5 Å². The lowest BCUT2D eigenvalue weighted by molar-refractivity contribution is -0.129. The van der Waals surface area contributed by atoms with Crippen LogP contribution in [0.4, 0.5) is 0 Å². The molecule has 146 valence electrons. The Labute approximate surface area is 158 Å². The molecule has 2 heterocycles. The van der Waals surface area contributed by atoms with E-state index >= 15 is 0 Å². The summed E-state index contributed by atoms with van der Waals surface area (Å²) in [5.41, 5.74) is 0.791. The van der Waals surface area contributed by atoms with Gasteiger partial charge in [-0.15, -0.1) is 0 Å². The van der Waals surface area contributed by atoms with Crippen LogP contribution in [0.1, 0.15) is 17.7 Å². The lowest BCUT2D eigenvalue weighted by Gasteiger charge is -2.17. The van der Waals surface area contributed by atoms with Crippen LogP contribution in [0.3, 0.4) is 0 Å². The van der Waals surface area contributed by atoms with Crippen LogP contribution in [-0.4, -0.2) is 51.8 Å². The van der Waals surface area contributed by atoms with Crippen molar-refractivity contribution in [3.63, 3.8) is 0 Å². The van der Waals surface area contributed by atoms with Crippen LogP contribution < -0.4 is 9.47 Å². The van der Waals surface area contributed by atoms with Crippen LogP contribution in [0.15, 0.2) is 41.0 Å². The van der Waals surface area contributed by atoms with Crippen molar-refractivity contribution in [2.75, 3.05) is 27.3 Å². The molecule has 3 rings (SSSR count). The number of likely N-dealkylation sites (tertiary alicyclic amines) is 1. The molecule has 0 spiro atoms. The van der Waals surface area contributed by atoms with Crippen molar-refractivity contribution >= 4 is 15.7 Å².